The molecule has 0 bridgehead atoms. The van der Waals surface area contributed by atoms with Gasteiger partial charge in [-0.05, 0) is 43.7 Å². The zero-order valence-electron chi connectivity index (χ0n) is 20.0. The SMILES string of the molecule is COc1cccc(-c2nnc(NS(=O)(=O)C(C)C(OC)c3ncc(C)cn3)n2-c2cccc(F)c2)n1. The molecule has 11 nitrogen and oxygen atoms in total. The van der Waals surface area contributed by atoms with Crippen molar-refractivity contribution in [3.63, 3.8) is 0 Å². The molecule has 0 saturated carbocycles. The Labute approximate surface area is 207 Å². The van der Waals surface area contributed by atoms with E-state index in [1.807, 2.05) is 6.92 Å². The highest BCUT2D eigenvalue weighted by Crippen LogP contribution is 2.29. The molecule has 0 spiro atoms. The Hall–Kier alpha value is -3.97. The lowest BCUT2D eigenvalue weighted by Crippen LogP contribution is -2.33. The highest BCUT2D eigenvalue weighted by molar-refractivity contribution is 7.93. The van der Waals surface area contributed by atoms with E-state index in [1.165, 1.54) is 43.9 Å². The molecule has 0 fully saturated rings. The minimum Gasteiger partial charge on any atom is -0.481 e. The maximum Gasteiger partial charge on any atom is 0.243 e. The monoisotopic (exact) mass is 513 g/mol. The molecule has 3 aromatic heterocycles. The third-order valence-electron chi connectivity index (χ3n) is 5.35. The molecule has 0 aliphatic carbocycles. The number of nitrogens with zero attached hydrogens (tertiary/aromatic N) is 6. The van der Waals surface area contributed by atoms with Crippen LogP contribution in [0.25, 0.3) is 17.2 Å². The van der Waals surface area contributed by atoms with Crippen LogP contribution in [0.3, 0.4) is 0 Å². The summed E-state index contributed by atoms with van der Waals surface area (Å²) in [5.41, 5.74) is 1.45. The molecule has 36 heavy (non-hydrogen) atoms. The summed E-state index contributed by atoms with van der Waals surface area (Å²) in [6.45, 7) is 3.29. The van der Waals surface area contributed by atoms with Gasteiger partial charge in [-0.15, -0.1) is 10.2 Å². The Morgan fingerprint density at radius 1 is 1.06 bits per heavy atom. The van der Waals surface area contributed by atoms with Gasteiger partial charge in [-0.2, -0.15) is 0 Å². The maximum atomic E-state index is 14.1. The molecule has 4 rings (SSSR count). The number of methoxy groups -OCH3 is 2. The summed E-state index contributed by atoms with van der Waals surface area (Å²) in [6, 6.07) is 10.6. The molecule has 4 aromatic rings. The number of benzene rings is 1. The van der Waals surface area contributed by atoms with E-state index < -0.39 is 27.2 Å². The van der Waals surface area contributed by atoms with E-state index in [4.69, 9.17) is 9.47 Å². The van der Waals surface area contributed by atoms with Crippen molar-refractivity contribution in [3.05, 3.63) is 72.1 Å². The number of pyridine rings is 1. The number of rotatable bonds is 9. The van der Waals surface area contributed by atoms with E-state index in [9.17, 15) is 12.8 Å². The molecule has 1 N–H and O–H groups in total. The van der Waals surface area contributed by atoms with Gasteiger partial charge in [0.15, 0.2) is 11.6 Å². The molecule has 13 heteroatoms. The van der Waals surface area contributed by atoms with Crippen LogP contribution in [0.4, 0.5) is 10.3 Å². The molecular weight excluding hydrogens is 489 g/mol. The number of anilines is 1. The smallest absolute Gasteiger partial charge is 0.243 e. The Kier molecular flexibility index (Phi) is 7.22. The van der Waals surface area contributed by atoms with Crippen molar-refractivity contribution in [2.75, 3.05) is 18.9 Å². The second-order valence-electron chi connectivity index (χ2n) is 7.85. The van der Waals surface area contributed by atoms with Crippen molar-refractivity contribution >= 4 is 16.0 Å². The van der Waals surface area contributed by atoms with Gasteiger partial charge in [0.2, 0.25) is 21.9 Å². The first-order chi connectivity index (χ1) is 17.2. The van der Waals surface area contributed by atoms with Gasteiger partial charge in [0.1, 0.15) is 22.9 Å². The van der Waals surface area contributed by atoms with Crippen molar-refractivity contribution in [1.82, 2.24) is 29.7 Å². The van der Waals surface area contributed by atoms with Crippen LogP contribution in [-0.4, -0.2) is 57.6 Å². The lowest BCUT2D eigenvalue weighted by Gasteiger charge is -2.22. The zero-order valence-corrected chi connectivity index (χ0v) is 20.8. The Balaban J connectivity index is 1.76. The molecule has 1 aromatic carbocycles. The standard InChI is InChI=1S/C23H24FN7O4S/c1-14-12-25-21(26-13-14)20(35-4)15(2)36(32,33)30-23-29-28-22(18-9-6-10-19(27-18)34-3)31(23)17-8-5-7-16(24)11-17/h5-13,15,20H,1-4H3,(H,29,30). The summed E-state index contributed by atoms with van der Waals surface area (Å²) in [6.07, 6.45) is 2.19. The summed E-state index contributed by atoms with van der Waals surface area (Å²) in [5.74, 6) is 0.0255. The predicted molar refractivity (Wildman–Crippen MR) is 130 cm³/mol. The lowest BCUT2D eigenvalue weighted by atomic mass is 10.2. The van der Waals surface area contributed by atoms with Crippen molar-refractivity contribution in [2.45, 2.75) is 25.2 Å². The average molecular weight is 514 g/mol. The first-order valence-corrected chi connectivity index (χ1v) is 12.3. The van der Waals surface area contributed by atoms with Crippen LogP contribution in [0.2, 0.25) is 0 Å². The molecule has 0 saturated heterocycles. The zero-order chi connectivity index (χ0) is 25.9. The maximum absolute atomic E-state index is 14.1. The fraction of sp³-hybridized carbons (Fsp3) is 0.261. The third-order valence-corrected chi connectivity index (χ3v) is 7.04. The van der Waals surface area contributed by atoms with E-state index in [-0.39, 0.29) is 23.3 Å². The van der Waals surface area contributed by atoms with Gasteiger partial charge in [-0.25, -0.2) is 27.8 Å². The normalized spacial score (nSPS) is 13.2. The fourth-order valence-electron chi connectivity index (χ4n) is 3.47. The molecule has 0 radical (unpaired) electrons. The van der Waals surface area contributed by atoms with Crippen LogP contribution >= 0.6 is 0 Å². The van der Waals surface area contributed by atoms with Crippen LogP contribution in [0.5, 0.6) is 5.88 Å². The Morgan fingerprint density at radius 2 is 1.78 bits per heavy atom. The van der Waals surface area contributed by atoms with Crippen LogP contribution in [-0.2, 0) is 14.8 Å². The summed E-state index contributed by atoms with van der Waals surface area (Å²) in [4.78, 5) is 12.8. The number of hydrogen-bond acceptors (Lipinski definition) is 9. The minimum atomic E-state index is -4.12. The van der Waals surface area contributed by atoms with Crippen molar-refractivity contribution in [1.29, 1.82) is 0 Å². The molecule has 0 aliphatic rings. The quantitative estimate of drug-likeness (QED) is 0.358. The van der Waals surface area contributed by atoms with Gasteiger partial charge in [0.05, 0.1) is 12.8 Å². The molecule has 3 heterocycles. The third kappa shape index (κ3) is 5.16. The topological polar surface area (TPSA) is 134 Å². The van der Waals surface area contributed by atoms with Crippen molar-refractivity contribution < 1.29 is 22.3 Å². The number of hydrogen-bond donors (Lipinski definition) is 1. The second kappa shape index (κ2) is 10.3. The van der Waals surface area contributed by atoms with E-state index >= 15 is 0 Å². The summed E-state index contributed by atoms with van der Waals surface area (Å²) in [7, 11) is -1.28. The summed E-state index contributed by atoms with van der Waals surface area (Å²) in [5, 5.41) is 7.05. The van der Waals surface area contributed by atoms with Crippen molar-refractivity contribution in [2.24, 2.45) is 0 Å². The number of nitrogens with one attached hydrogen (secondary N) is 1. The average Bonchev–Trinajstić information content (AvgIpc) is 3.28. The van der Waals surface area contributed by atoms with Crippen LogP contribution in [0.15, 0.2) is 54.9 Å². The van der Waals surface area contributed by atoms with Gasteiger partial charge in [0, 0.05) is 25.6 Å². The second-order valence-corrected chi connectivity index (χ2v) is 9.89. The van der Waals surface area contributed by atoms with E-state index in [0.29, 0.717) is 11.6 Å². The van der Waals surface area contributed by atoms with Gasteiger partial charge in [0.25, 0.3) is 0 Å². The van der Waals surface area contributed by atoms with E-state index in [0.717, 1.165) is 5.56 Å². The van der Waals surface area contributed by atoms with Crippen molar-refractivity contribution in [3.8, 4) is 23.1 Å². The predicted octanol–water partition coefficient (Wildman–Crippen LogP) is 3.09. The van der Waals surface area contributed by atoms with Gasteiger partial charge in [-0.3, -0.25) is 9.29 Å². The molecule has 0 amide bonds. The molecule has 0 aliphatic heterocycles. The molecular formula is C23H24FN7O4S. The number of halogens is 1. The van der Waals surface area contributed by atoms with Gasteiger partial charge < -0.3 is 9.47 Å². The first-order valence-electron chi connectivity index (χ1n) is 10.8. The molecule has 2 unspecified atom stereocenters. The lowest BCUT2D eigenvalue weighted by molar-refractivity contribution is 0.0949. The molecule has 2 atom stereocenters. The van der Waals surface area contributed by atoms with E-state index in [2.05, 4.69) is 29.9 Å². The fourth-order valence-corrected chi connectivity index (χ4v) is 4.60. The van der Waals surface area contributed by atoms with Crippen LogP contribution in [0, 0.1) is 12.7 Å². The number of sulfonamides is 1. The van der Waals surface area contributed by atoms with Crippen LogP contribution < -0.4 is 9.46 Å². The Morgan fingerprint density at radius 3 is 2.44 bits per heavy atom. The highest BCUT2D eigenvalue weighted by atomic mass is 32.2. The highest BCUT2D eigenvalue weighted by Gasteiger charge is 2.34. The van der Waals surface area contributed by atoms with Gasteiger partial charge >= 0.3 is 0 Å². The molecule has 188 valence electrons. The summed E-state index contributed by atoms with van der Waals surface area (Å²) >= 11 is 0. The summed E-state index contributed by atoms with van der Waals surface area (Å²) < 4.78 is 55.4. The largest absolute Gasteiger partial charge is 0.481 e. The number of aryl methyl sites for hydroxylation is 1. The Bertz CT molecular complexity index is 1460. The number of ether oxygens (including phenoxy) is 2. The van der Waals surface area contributed by atoms with Gasteiger partial charge in [-0.1, -0.05) is 12.1 Å². The number of aromatic nitrogens is 6. The van der Waals surface area contributed by atoms with Crippen LogP contribution in [0.1, 0.15) is 24.4 Å². The minimum absolute atomic E-state index is 0.160. The van der Waals surface area contributed by atoms with E-state index in [1.54, 1.807) is 36.7 Å². The first kappa shape index (κ1) is 25.1.